The van der Waals surface area contributed by atoms with Crippen LogP contribution in [0.4, 0.5) is 15.8 Å². The van der Waals surface area contributed by atoms with Gasteiger partial charge >= 0.3 is 0 Å². The van der Waals surface area contributed by atoms with Crippen molar-refractivity contribution < 1.29 is 18.7 Å². The number of nitrogens with zero attached hydrogens (tertiary/aromatic N) is 4. The van der Waals surface area contributed by atoms with Gasteiger partial charge in [-0.15, -0.1) is 0 Å². The van der Waals surface area contributed by atoms with E-state index in [1.54, 1.807) is 23.2 Å². The first-order valence-electron chi connectivity index (χ1n) is 12.7. The van der Waals surface area contributed by atoms with Crippen molar-refractivity contribution in [3.8, 4) is 0 Å². The molecule has 2 aliphatic heterocycles. The molecule has 1 aromatic heterocycles. The van der Waals surface area contributed by atoms with Crippen LogP contribution in [0, 0.1) is 0 Å². The molecule has 0 saturated carbocycles. The van der Waals surface area contributed by atoms with Crippen molar-refractivity contribution in [2.45, 2.75) is 32.3 Å². The minimum Gasteiger partial charge on any atom is -0.378 e. The van der Waals surface area contributed by atoms with Crippen LogP contribution in [0.15, 0.2) is 46.5 Å². The molecule has 0 bridgehead atoms. The fourth-order valence-corrected chi connectivity index (χ4v) is 4.64. The Morgan fingerprint density at radius 3 is 2.66 bits per heavy atom. The molecular formula is C26H33ClFN7O3. The summed E-state index contributed by atoms with van der Waals surface area (Å²) in [5.41, 5.74) is 8.05. The third kappa shape index (κ3) is 7.40. The Hall–Kier alpha value is -3.28. The number of ether oxygens (including phenoxy) is 2. The fourth-order valence-electron chi connectivity index (χ4n) is 4.39. The second-order valence-corrected chi connectivity index (χ2v) is 9.38. The Morgan fingerprint density at radius 1 is 1.18 bits per heavy atom. The average molecular weight is 546 g/mol. The van der Waals surface area contributed by atoms with Crippen LogP contribution >= 0.6 is 11.6 Å². The number of carbonyl (C=O) groups is 1. The number of hydrazine groups is 1. The molecule has 2 unspecified atom stereocenters. The van der Waals surface area contributed by atoms with Crippen LogP contribution in [0.25, 0.3) is 0 Å². The number of hydrogen-bond acceptors (Lipinski definition) is 6. The van der Waals surface area contributed by atoms with E-state index in [2.05, 4.69) is 44.1 Å². The van der Waals surface area contributed by atoms with Gasteiger partial charge in [0.15, 0.2) is 0 Å². The maximum Gasteiger partial charge on any atom is 0.288 e. The van der Waals surface area contributed by atoms with E-state index >= 15 is 0 Å². The number of amidine groups is 1. The Labute approximate surface area is 226 Å². The van der Waals surface area contributed by atoms with Gasteiger partial charge in [0, 0.05) is 42.9 Å². The van der Waals surface area contributed by atoms with E-state index < -0.39 is 12.6 Å². The van der Waals surface area contributed by atoms with Crippen LogP contribution in [0.5, 0.6) is 0 Å². The molecule has 2 aliphatic rings. The van der Waals surface area contributed by atoms with Gasteiger partial charge in [-0.2, -0.15) is 4.99 Å². The zero-order valence-corrected chi connectivity index (χ0v) is 22.3. The standard InChI is InChI=1S/C26H33ClFN7O3/c1-3-29-26(32-24(15-28)35-7-10-37-11-8-35)34-33-25(36)23-5-4-20(16-30-23)31-21-13-18(12-19(27)14-21)22-6-9-38-17(22)2/h4-5,12-14,16-17,22,31H,3,6-11,15H2,1-2H3,(H,29,34)(H,33,36)/b32-24+. The van der Waals surface area contributed by atoms with Gasteiger partial charge < -0.3 is 19.7 Å². The van der Waals surface area contributed by atoms with Gasteiger partial charge in [0.1, 0.15) is 18.2 Å². The maximum atomic E-state index is 13.6. The van der Waals surface area contributed by atoms with E-state index in [-0.39, 0.29) is 23.6 Å². The minimum atomic E-state index is -0.754. The van der Waals surface area contributed by atoms with Crippen LogP contribution in [-0.2, 0) is 9.47 Å². The van der Waals surface area contributed by atoms with E-state index in [4.69, 9.17) is 21.1 Å². The SMILES string of the molecule is CCN=C(/N=C(\CF)N1CCOCC1)NNC(=O)c1ccc(Nc2cc(Cl)cc(C3CCOC3C)c2)cn1. The molecule has 2 saturated heterocycles. The first kappa shape index (κ1) is 27.7. The molecule has 3 heterocycles. The number of carbonyl (C=O) groups excluding carboxylic acids is 1. The number of aliphatic imine (C=N–C) groups is 2. The van der Waals surface area contributed by atoms with Gasteiger partial charge in [0.25, 0.3) is 5.91 Å². The molecule has 10 nitrogen and oxygen atoms in total. The number of aromatic nitrogens is 1. The lowest BCUT2D eigenvalue weighted by Crippen LogP contribution is -2.45. The molecule has 2 atom stereocenters. The van der Waals surface area contributed by atoms with Crippen LogP contribution < -0.4 is 16.2 Å². The van der Waals surface area contributed by atoms with Gasteiger partial charge in [-0.25, -0.2) is 9.37 Å². The molecule has 2 aromatic rings. The number of anilines is 2. The lowest BCUT2D eigenvalue weighted by atomic mass is 9.93. The summed E-state index contributed by atoms with van der Waals surface area (Å²) in [6.45, 7) is 6.39. The summed E-state index contributed by atoms with van der Waals surface area (Å²) in [7, 11) is 0. The van der Waals surface area contributed by atoms with Crippen molar-refractivity contribution >= 4 is 40.7 Å². The van der Waals surface area contributed by atoms with Crippen molar-refractivity contribution in [2.75, 3.05) is 51.4 Å². The molecule has 2 fully saturated rings. The van der Waals surface area contributed by atoms with Crippen LogP contribution in [0.3, 0.4) is 0 Å². The lowest BCUT2D eigenvalue weighted by molar-refractivity contribution is 0.0668. The molecule has 3 N–H and O–H groups in total. The number of nitrogens with one attached hydrogen (secondary N) is 3. The number of guanidine groups is 1. The number of benzene rings is 1. The predicted octanol–water partition coefficient (Wildman–Crippen LogP) is 3.68. The fraction of sp³-hybridized carbons (Fsp3) is 0.462. The molecule has 0 spiro atoms. The van der Waals surface area contributed by atoms with Crippen molar-refractivity contribution in [2.24, 2.45) is 9.98 Å². The summed E-state index contributed by atoms with van der Waals surface area (Å²) in [4.78, 5) is 27.2. The Kier molecular flexibility index (Phi) is 9.85. The first-order valence-corrected chi connectivity index (χ1v) is 13.1. The van der Waals surface area contributed by atoms with Crippen molar-refractivity contribution in [1.82, 2.24) is 20.7 Å². The number of morpholine rings is 1. The molecule has 38 heavy (non-hydrogen) atoms. The lowest BCUT2D eigenvalue weighted by Gasteiger charge is -2.28. The predicted molar refractivity (Wildman–Crippen MR) is 146 cm³/mol. The third-order valence-electron chi connectivity index (χ3n) is 6.34. The summed E-state index contributed by atoms with van der Waals surface area (Å²) >= 11 is 6.37. The number of halogens is 2. The van der Waals surface area contributed by atoms with Gasteiger partial charge in [-0.3, -0.25) is 20.6 Å². The highest BCUT2D eigenvalue weighted by molar-refractivity contribution is 6.31. The largest absolute Gasteiger partial charge is 0.378 e. The van der Waals surface area contributed by atoms with E-state index in [1.807, 2.05) is 19.1 Å². The number of alkyl halides is 1. The van der Waals surface area contributed by atoms with Crippen LogP contribution in [0.2, 0.25) is 5.02 Å². The topological polar surface area (TPSA) is 112 Å². The number of pyridine rings is 1. The molecule has 0 radical (unpaired) electrons. The van der Waals surface area contributed by atoms with E-state index in [0.717, 1.165) is 24.3 Å². The first-order chi connectivity index (χ1) is 18.5. The molecule has 1 aromatic carbocycles. The Morgan fingerprint density at radius 2 is 2.00 bits per heavy atom. The van der Waals surface area contributed by atoms with Crippen molar-refractivity contribution in [3.63, 3.8) is 0 Å². The quantitative estimate of drug-likeness (QED) is 0.288. The van der Waals surface area contributed by atoms with Gasteiger partial charge in [-0.1, -0.05) is 11.6 Å². The molecule has 1 amide bonds. The minimum absolute atomic E-state index is 0.108. The zero-order chi connectivity index (χ0) is 26.9. The molecular weight excluding hydrogens is 513 g/mol. The highest BCUT2D eigenvalue weighted by Crippen LogP contribution is 2.34. The summed E-state index contributed by atoms with van der Waals surface area (Å²) in [6, 6.07) is 9.22. The molecule has 204 valence electrons. The molecule has 4 rings (SSSR count). The number of rotatable bonds is 6. The van der Waals surface area contributed by atoms with Gasteiger partial charge in [-0.05, 0) is 56.2 Å². The second kappa shape index (κ2) is 13.5. The second-order valence-electron chi connectivity index (χ2n) is 8.94. The number of hydrogen-bond donors (Lipinski definition) is 3. The van der Waals surface area contributed by atoms with Gasteiger partial charge in [0.05, 0.1) is 31.2 Å². The monoisotopic (exact) mass is 545 g/mol. The van der Waals surface area contributed by atoms with Crippen LogP contribution in [0.1, 0.15) is 42.2 Å². The molecule has 12 heteroatoms. The number of amides is 1. The smallest absolute Gasteiger partial charge is 0.288 e. The van der Waals surface area contributed by atoms with E-state index in [1.165, 1.54) is 0 Å². The average Bonchev–Trinajstić information content (AvgIpc) is 3.36. The Balaban J connectivity index is 1.37. The van der Waals surface area contributed by atoms with Crippen molar-refractivity contribution in [1.29, 1.82) is 0 Å². The van der Waals surface area contributed by atoms with E-state index in [9.17, 15) is 9.18 Å². The Bertz CT molecular complexity index is 1160. The summed E-state index contributed by atoms with van der Waals surface area (Å²) in [6.07, 6.45) is 2.67. The van der Waals surface area contributed by atoms with Gasteiger partial charge in [0.2, 0.25) is 5.96 Å². The van der Waals surface area contributed by atoms with Crippen LogP contribution in [-0.4, -0.2) is 79.8 Å². The summed E-state index contributed by atoms with van der Waals surface area (Å²) in [5, 5.41) is 3.93. The molecule has 0 aliphatic carbocycles. The van der Waals surface area contributed by atoms with E-state index in [0.29, 0.717) is 49.5 Å². The normalized spacial score (nSPS) is 20.4. The highest BCUT2D eigenvalue weighted by atomic mass is 35.5. The highest BCUT2D eigenvalue weighted by Gasteiger charge is 2.26. The summed E-state index contributed by atoms with van der Waals surface area (Å²) in [5.74, 6) is 0.155. The maximum absolute atomic E-state index is 13.6. The zero-order valence-electron chi connectivity index (χ0n) is 21.5. The van der Waals surface area contributed by atoms with Crippen molar-refractivity contribution in [3.05, 3.63) is 52.8 Å². The third-order valence-corrected chi connectivity index (χ3v) is 6.55. The summed E-state index contributed by atoms with van der Waals surface area (Å²) < 4.78 is 24.6.